The molecule has 3 rings (SSSR count). The molecule has 20 heavy (non-hydrogen) atoms. The summed E-state index contributed by atoms with van der Waals surface area (Å²) in [6.45, 7) is 6.53. The Balaban J connectivity index is 2.02. The van der Waals surface area contributed by atoms with E-state index in [9.17, 15) is 4.39 Å². The number of rotatable bonds is 1. The van der Waals surface area contributed by atoms with E-state index in [0.29, 0.717) is 12.0 Å². The number of hydrogen-bond acceptors (Lipinski definition) is 2. The van der Waals surface area contributed by atoms with Crippen LogP contribution in [0, 0.1) is 5.82 Å². The maximum atomic E-state index is 13.8. The molecule has 2 heterocycles. The predicted molar refractivity (Wildman–Crippen MR) is 79.2 cm³/mol. The third-order valence-electron chi connectivity index (χ3n) is 3.65. The molecule has 0 fully saturated rings. The summed E-state index contributed by atoms with van der Waals surface area (Å²) in [6, 6.07) is 8.04. The van der Waals surface area contributed by atoms with Crippen LogP contribution in [0.2, 0.25) is 0 Å². The van der Waals surface area contributed by atoms with Crippen molar-refractivity contribution in [1.82, 2.24) is 4.98 Å². The predicted octanol–water partition coefficient (Wildman–Crippen LogP) is 4.20. The number of nitrogens with zero attached hydrogens (tertiary/aromatic N) is 2. The normalized spacial score (nSPS) is 14.1. The molecule has 0 aliphatic carbocycles. The van der Waals surface area contributed by atoms with E-state index in [0.717, 1.165) is 17.0 Å². The lowest BCUT2D eigenvalue weighted by Crippen LogP contribution is -2.10. The fourth-order valence-electron chi connectivity index (χ4n) is 2.41. The molecule has 0 N–H and O–H groups in total. The molecule has 3 heteroatoms. The van der Waals surface area contributed by atoms with E-state index < -0.39 is 0 Å². The van der Waals surface area contributed by atoms with Gasteiger partial charge in [-0.15, -0.1) is 0 Å². The van der Waals surface area contributed by atoms with Crippen molar-refractivity contribution in [3.05, 3.63) is 59.2 Å². The van der Waals surface area contributed by atoms with Gasteiger partial charge in [0.15, 0.2) is 5.82 Å². The summed E-state index contributed by atoms with van der Waals surface area (Å²) in [5, 5.41) is 0. The van der Waals surface area contributed by atoms with Gasteiger partial charge >= 0.3 is 0 Å². The Labute approximate surface area is 118 Å². The third kappa shape index (κ3) is 2.24. The van der Waals surface area contributed by atoms with E-state index in [1.165, 1.54) is 11.8 Å². The molecule has 2 nitrogen and oxygen atoms in total. The summed E-state index contributed by atoms with van der Waals surface area (Å²) in [5.41, 5.74) is 4.79. The molecule has 0 amide bonds. The van der Waals surface area contributed by atoms with Crippen LogP contribution in [0.3, 0.4) is 0 Å². The fraction of sp³-hybridized carbons (Fsp3) is 0.294. The Hall–Kier alpha value is -2.03. The van der Waals surface area contributed by atoms with Crippen molar-refractivity contribution in [1.29, 1.82) is 0 Å². The van der Waals surface area contributed by atoms with Crippen molar-refractivity contribution < 1.29 is 4.39 Å². The molecule has 0 spiro atoms. The van der Waals surface area contributed by atoms with Gasteiger partial charge in [-0.05, 0) is 28.7 Å². The van der Waals surface area contributed by atoms with Gasteiger partial charge < -0.3 is 0 Å². The molecule has 1 aliphatic rings. The highest BCUT2D eigenvalue weighted by Crippen LogP contribution is 2.34. The number of aliphatic imine (C=N–C) groups is 1. The van der Waals surface area contributed by atoms with Crippen molar-refractivity contribution >= 4 is 11.4 Å². The summed E-state index contributed by atoms with van der Waals surface area (Å²) in [4.78, 5) is 8.39. The minimum atomic E-state index is -0.310. The van der Waals surface area contributed by atoms with Crippen molar-refractivity contribution in [3.63, 3.8) is 0 Å². The first kappa shape index (κ1) is 13.0. The molecule has 1 aromatic heterocycles. The monoisotopic (exact) mass is 268 g/mol. The summed E-state index contributed by atoms with van der Waals surface area (Å²) < 4.78 is 13.8. The molecule has 1 aromatic carbocycles. The molecule has 0 unspecified atom stereocenters. The smallest absolute Gasteiger partial charge is 0.150 e. The average Bonchev–Trinajstić information content (AvgIpc) is 2.80. The zero-order valence-electron chi connectivity index (χ0n) is 11.9. The van der Waals surface area contributed by atoms with Crippen LogP contribution < -0.4 is 0 Å². The largest absolute Gasteiger partial charge is 0.262 e. The zero-order valence-corrected chi connectivity index (χ0v) is 11.9. The molecular formula is C17H17FN2. The number of aromatic nitrogens is 1. The number of pyridine rings is 1. The van der Waals surface area contributed by atoms with Crippen LogP contribution in [0.4, 0.5) is 10.1 Å². The Morgan fingerprint density at radius 2 is 1.95 bits per heavy atom. The Bertz CT molecular complexity index is 696. The van der Waals surface area contributed by atoms with E-state index >= 15 is 0 Å². The van der Waals surface area contributed by atoms with Gasteiger partial charge in [-0.3, -0.25) is 9.98 Å². The molecule has 0 radical (unpaired) electrons. The number of fused-ring (bicyclic) bond motifs is 1. The second-order valence-electron chi connectivity index (χ2n) is 6.18. The van der Waals surface area contributed by atoms with Crippen LogP contribution in [0.1, 0.15) is 37.5 Å². The first-order valence-corrected chi connectivity index (χ1v) is 6.76. The molecule has 0 bridgehead atoms. The van der Waals surface area contributed by atoms with E-state index in [-0.39, 0.29) is 11.2 Å². The van der Waals surface area contributed by atoms with Gasteiger partial charge in [0, 0.05) is 18.2 Å². The van der Waals surface area contributed by atoms with Gasteiger partial charge in [-0.2, -0.15) is 0 Å². The highest BCUT2D eigenvalue weighted by atomic mass is 19.1. The van der Waals surface area contributed by atoms with Gasteiger partial charge in [-0.25, -0.2) is 4.39 Å². The lowest BCUT2D eigenvalue weighted by molar-refractivity contribution is 0.590. The first-order valence-electron chi connectivity index (χ1n) is 6.76. The maximum Gasteiger partial charge on any atom is 0.150 e. The van der Waals surface area contributed by atoms with Gasteiger partial charge in [0.1, 0.15) is 0 Å². The van der Waals surface area contributed by atoms with Crippen LogP contribution in [0.5, 0.6) is 0 Å². The fourth-order valence-corrected chi connectivity index (χ4v) is 2.41. The standard InChI is InChI=1S/C17H17FN2/c1-17(2,3)12-5-4-11-8-16(20-15(11)9-12)13-6-7-19-10-14(13)18/h4-7,9-10H,8H2,1-3H3. The third-order valence-corrected chi connectivity index (χ3v) is 3.65. The van der Waals surface area contributed by atoms with E-state index in [4.69, 9.17) is 0 Å². The summed E-state index contributed by atoms with van der Waals surface area (Å²) in [5.74, 6) is -0.310. The van der Waals surface area contributed by atoms with Crippen molar-refractivity contribution in [2.24, 2.45) is 4.99 Å². The number of halogens is 1. The van der Waals surface area contributed by atoms with Gasteiger partial charge in [0.2, 0.25) is 0 Å². The SMILES string of the molecule is CC(C)(C)c1ccc2c(c1)N=C(c1ccncc1F)C2. The van der Waals surface area contributed by atoms with Crippen LogP contribution in [-0.4, -0.2) is 10.7 Å². The van der Waals surface area contributed by atoms with E-state index in [1.54, 1.807) is 12.3 Å². The lowest BCUT2D eigenvalue weighted by atomic mass is 9.86. The van der Waals surface area contributed by atoms with Crippen LogP contribution in [-0.2, 0) is 11.8 Å². The van der Waals surface area contributed by atoms with Gasteiger partial charge in [0.05, 0.1) is 17.6 Å². The summed E-state index contributed by atoms with van der Waals surface area (Å²) >= 11 is 0. The Morgan fingerprint density at radius 1 is 1.15 bits per heavy atom. The summed E-state index contributed by atoms with van der Waals surface area (Å²) in [7, 11) is 0. The highest BCUT2D eigenvalue weighted by molar-refractivity contribution is 6.06. The maximum absolute atomic E-state index is 13.8. The van der Waals surface area contributed by atoms with Gasteiger partial charge in [0.25, 0.3) is 0 Å². The molecule has 0 saturated carbocycles. The number of hydrogen-bond donors (Lipinski definition) is 0. The van der Waals surface area contributed by atoms with E-state index in [1.807, 2.05) is 0 Å². The molecule has 0 saturated heterocycles. The average molecular weight is 268 g/mol. The summed E-state index contributed by atoms with van der Waals surface area (Å²) in [6.07, 6.45) is 3.52. The minimum Gasteiger partial charge on any atom is -0.262 e. The molecule has 0 atom stereocenters. The molecular weight excluding hydrogens is 251 g/mol. The van der Waals surface area contributed by atoms with E-state index in [2.05, 4.69) is 48.9 Å². The molecule has 2 aromatic rings. The van der Waals surface area contributed by atoms with Crippen molar-refractivity contribution in [3.8, 4) is 0 Å². The Kier molecular flexibility index (Phi) is 2.93. The van der Waals surface area contributed by atoms with Crippen LogP contribution in [0.15, 0.2) is 41.7 Å². The first-order chi connectivity index (χ1) is 9.45. The molecule has 102 valence electrons. The van der Waals surface area contributed by atoms with Crippen LogP contribution >= 0.6 is 0 Å². The van der Waals surface area contributed by atoms with Crippen LogP contribution in [0.25, 0.3) is 0 Å². The van der Waals surface area contributed by atoms with Gasteiger partial charge in [-0.1, -0.05) is 32.9 Å². The topological polar surface area (TPSA) is 25.2 Å². The second-order valence-corrected chi connectivity index (χ2v) is 6.18. The zero-order chi connectivity index (χ0) is 14.3. The van der Waals surface area contributed by atoms with Crippen molar-refractivity contribution in [2.75, 3.05) is 0 Å². The second kappa shape index (κ2) is 4.51. The lowest BCUT2D eigenvalue weighted by Gasteiger charge is -2.19. The van der Waals surface area contributed by atoms with Crippen molar-refractivity contribution in [2.45, 2.75) is 32.6 Å². The highest BCUT2D eigenvalue weighted by Gasteiger charge is 2.21. The quantitative estimate of drug-likeness (QED) is 0.761. The number of benzene rings is 1. The minimum absolute atomic E-state index is 0.0925. The molecule has 1 aliphatic heterocycles. The Morgan fingerprint density at radius 3 is 2.65 bits per heavy atom.